The van der Waals surface area contributed by atoms with Gasteiger partial charge in [-0.25, -0.2) is 9.97 Å². The molecule has 0 aliphatic carbocycles. The van der Waals surface area contributed by atoms with Crippen molar-refractivity contribution in [2.24, 2.45) is 7.05 Å². The standard InChI is InChI=1S/C23H31N7O/c1-6-10-31-23-18(8-7-9-25-23)19-11-20(26-12-17-13-27-30(5)14-17)22(28-15(2)3)21(29-19)16(4)24/h7-9,11,13-15,24,28H,6,10,12H2,1-5H3,(H,26,29). The fraction of sp³-hybridized carbons (Fsp3) is 0.391. The molecule has 3 rings (SSSR count). The van der Waals surface area contributed by atoms with Gasteiger partial charge in [0, 0.05) is 37.6 Å². The summed E-state index contributed by atoms with van der Waals surface area (Å²) in [5, 5.41) is 19.6. The normalized spacial score (nSPS) is 10.9. The minimum atomic E-state index is 0.187. The molecule has 0 bridgehead atoms. The Morgan fingerprint density at radius 2 is 2.13 bits per heavy atom. The van der Waals surface area contributed by atoms with Crippen LogP contribution in [0.3, 0.4) is 0 Å². The largest absolute Gasteiger partial charge is 0.477 e. The van der Waals surface area contributed by atoms with Crippen LogP contribution in [0.2, 0.25) is 0 Å². The smallest absolute Gasteiger partial charge is 0.222 e. The minimum absolute atomic E-state index is 0.187. The Bertz CT molecular complexity index is 1040. The molecule has 3 aromatic rings. The molecule has 8 nitrogen and oxygen atoms in total. The number of rotatable bonds is 10. The van der Waals surface area contributed by atoms with Crippen molar-refractivity contribution in [1.82, 2.24) is 19.7 Å². The third-order valence-electron chi connectivity index (χ3n) is 4.54. The molecule has 0 fully saturated rings. The number of aromatic nitrogens is 4. The highest BCUT2D eigenvalue weighted by Crippen LogP contribution is 2.34. The molecular weight excluding hydrogens is 390 g/mol. The highest BCUT2D eigenvalue weighted by atomic mass is 16.5. The molecule has 3 heterocycles. The molecule has 0 radical (unpaired) electrons. The molecule has 0 unspecified atom stereocenters. The summed E-state index contributed by atoms with van der Waals surface area (Å²) in [6, 6.07) is 6.00. The number of ether oxygens (including phenoxy) is 1. The van der Waals surface area contributed by atoms with Gasteiger partial charge < -0.3 is 20.8 Å². The van der Waals surface area contributed by atoms with Gasteiger partial charge in [0.05, 0.1) is 41.1 Å². The molecule has 0 atom stereocenters. The van der Waals surface area contributed by atoms with E-state index >= 15 is 0 Å². The molecule has 0 amide bonds. The third-order valence-corrected chi connectivity index (χ3v) is 4.54. The molecule has 0 aliphatic heterocycles. The predicted octanol–water partition coefficient (Wildman–Crippen LogP) is 4.49. The first-order valence-electron chi connectivity index (χ1n) is 10.6. The van der Waals surface area contributed by atoms with Gasteiger partial charge in [-0.2, -0.15) is 5.10 Å². The summed E-state index contributed by atoms with van der Waals surface area (Å²) in [5.41, 5.74) is 5.25. The molecule has 0 aliphatic rings. The Labute approximate surface area is 183 Å². The van der Waals surface area contributed by atoms with Crippen molar-refractivity contribution in [3.63, 3.8) is 0 Å². The second-order valence-corrected chi connectivity index (χ2v) is 7.78. The van der Waals surface area contributed by atoms with Crippen LogP contribution < -0.4 is 15.4 Å². The van der Waals surface area contributed by atoms with Crippen LogP contribution in [0.15, 0.2) is 36.8 Å². The zero-order valence-electron chi connectivity index (χ0n) is 18.9. The maximum absolute atomic E-state index is 8.35. The first-order valence-corrected chi connectivity index (χ1v) is 10.6. The average Bonchev–Trinajstić information content (AvgIpc) is 3.16. The fourth-order valence-electron chi connectivity index (χ4n) is 3.19. The van der Waals surface area contributed by atoms with Gasteiger partial charge in [-0.1, -0.05) is 6.92 Å². The summed E-state index contributed by atoms with van der Waals surface area (Å²) >= 11 is 0. The molecule has 0 saturated carbocycles. The number of nitrogens with zero attached hydrogens (tertiary/aromatic N) is 4. The monoisotopic (exact) mass is 421 g/mol. The SMILES string of the molecule is CCCOc1ncccc1-c1cc(NCc2cnn(C)c2)c(NC(C)C)c(C(C)=N)n1. The van der Waals surface area contributed by atoms with Crippen molar-refractivity contribution in [3.8, 4) is 17.1 Å². The zero-order valence-corrected chi connectivity index (χ0v) is 18.9. The number of aryl methyl sites for hydroxylation is 1. The lowest BCUT2D eigenvalue weighted by Crippen LogP contribution is -2.17. The van der Waals surface area contributed by atoms with E-state index in [1.807, 2.05) is 37.6 Å². The van der Waals surface area contributed by atoms with Gasteiger partial charge in [-0.15, -0.1) is 0 Å². The van der Waals surface area contributed by atoms with E-state index < -0.39 is 0 Å². The molecular formula is C23H31N7O. The Kier molecular flexibility index (Phi) is 7.23. The van der Waals surface area contributed by atoms with E-state index in [1.54, 1.807) is 17.8 Å². The Balaban J connectivity index is 2.08. The number of anilines is 2. The van der Waals surface area contributed by atoms with Crippen LogP contribution in [-0.2, 0) is 13.6 Å². The van der Waals surface area contributed by atoms with Crippen molar-refractivity contribution in [3.05, 3.63) is 48.0 Å². The van der Waals surface area contributed by atoms with Gasteiger partial charge in [-0.3, -0.25) is 4.68 Å². The van der Waals surface area contributed by atoms with E-state index in [-0.39, 0.29) is 6.04 Å². The summed E-state index contributed by atoms with van der Waals surface area (Å²) in [4.78, 5) is 9.22. The van der Waals surface area contributed by atoms with Gasteiger partial charge >= 0.3 is 0 Å². The van der Waals surface area contributed by atoms with Crippen molar-refractivity contribution in [2.75, 3.05) is 17.2 Å². The van der Waals surface area contributed by atoms with Crippen molar-refractivity contribution in [2.45, 2.75) is 46.7 Å². The fourth-order valence-corrected chi connectivity index (χ4v) is 3.19. The summed E-state index contributed by atoms with van der Waals surface area (Å²) in [6.45, 7) is 9.14. The Morgan fingerprint density at radius 3 is 2.77 bits per heavy atom. The highest BCUT2D eigenvalue weighted by Gasteiger charge is 2.18. The summed E-state index contributed by atoms with van der Waals surface area (Å²) < 4.78 is 7.64. The molecule has 0 saturated heterocycles. The highest BCUT2D eigenvalue weighted by molar-refractivity contribution is 6.03. The lowest BCUT2D eigenvalue weighted by atomic mass is 10.1. The van der Waals surface area contributed by atoms with E-state index in [4.69, 9.17) is 15.1 Å². The molecule has 0 spiro atoms. The maximum atomic E-state index is 8.35. The molecule has 3 aromatic heterocycles. The van der Waals surface area contributed by atoms with Gasteiger partial charge in [0.15, 0.2) is 0 Å². The quantitative estimate of drug-likeness (QED) is 0.417. The van der Waals surface area contributed by atoms with Crippen molar-refractivity contribution >= 4 is 17.1 Å². The first-order chi connectivity index (χ1) is 14.9. The molecule has 31 heavy (non-hydrogen) atoms. The van der Waals surface area contributed by atoms with Crippen LogP contribution in [0.25, 0.3) is 11.3 Å². The second kappa shape index (κ2) is 10.1. The molecule has 3 N–H and O–H groups in total. The zero-order chi connectivity index (χ0) is 22.4. The van der Waals surface area contributed by atoms with Crippen LogP contribution in [0.1, 0.15) is 45.4 Å². The van der Waals surface area contributed by atoms with Crippen LogP contribution >= 0.6 is 0 Å². The van der Waals surface area contributed by atoms with E-state index in [2.05, 4.69) is 41.5 Å². The van der Waals surface area contributed by atoms with Gasteiger partial charge in [-0.05, 0) is 45.4 Å². The van der Waals surface area contributed by atoms with E-state index in [0.717, 1.165) is 28.9 Å². The number of nitrogens with one attached hydrogen (secondary N) is 3. The molecule has 164 valence electrons. The lowest BCUT2D eigenvalue weighted by molar-refractivity contribution is 0.306. The van der Waals surface area contributed by atoms with Gasteiger partial charge in [0.2, 0.25) is 5.88 Å². The number of hydrogen-bond acceptors (Lipinski definition) is 7. The summed E-state index contributed by atoms with van der Waals surface area (Å²) in [6.07, 6.45) is 6.42. The second-order valence-electron chi connectivity index (χ2n) is 7.78. The van der Waals surface area contributed by atoms with Crippen LogP contribution in [0.4, 0.5) is 11.4 Å². The van der Waals surface area contributed by atoms with Crippen LogP contribution in [-0.4, -0.2) is 38.1 Å². The molecule has 8 heteroatoms. The minimum Gasteiger partial charge on any atom is -0.477 e. The van der Waals surface area contributed by atoms with E-state index in [1.165, 1.54) is 0 Å². The lowest BCUT2D eigenvalue weighted by Gasteiger charge is -2.21. The third kappa shape index (κ3) is 5.59. The number of hydrogen-bond donors (Lipinski definition) is 3. The maximum Gasteiger partial charge on any atom is 0.222 e. The molecule has 0 aromatic carbocycles. The summed E-state index contributed by atoms with van der Waals surface area (Å²) in [5.74, 6) is 0.549. The Morgan fingerprint density at radius 1 is 1.32 bits per heavy atom. The predicted molar refractivity (Wildman–Crippen MR) is 125 cm³/mol. The summed E-state index contributed by atoms with van der Waals surface area (Å²) in [7, 11) is 1.90. The van der Waals surface area contributed by atoms with Gasteiger partial charge in [0.1, 0.15) is 5.69 Å². The van der Waals surface area contributed by atoms with E-state index in [9.17, 15) is 0 Å². The van der Waals surface area contributed by atoms with Gasteiger partial charge in [0.25, 0.3) is 0 Å². The van der Waals surface area contributed by atoms with Crippen molar-refractivity contribution < 1.29 is 4.74 Å². The topological polar surface area (TPSA) is 101 Å². The number of pyridine rings is 2. The Hall–Kier alpha value is -3.42. The first kappa shape index (κ1) is 22.3. The van der Waals surface area contributed by atoms with Crippen LogP contribution in [0, 0.1) is 5.41 Å². The van der Waals surface area contributed by atoms with Crippen molar-refractivity contribution in [1.29, 1.82) is 5.41 Å². The van der Waals surface area contributed by atoms with E-state index in [0.29, 0.717) is 36.1 Å². The van der Waals surface area contributed by atoms with Crippen LogP contribution in [0.5, 0.6) is 5.88 Å². The average molecular weight is 422 g/mol.